The molecule has 0 unspecified atom stereocenters. The molecule has 190 valence electrons. The van der Waals surface area contributed by atoms with Crippen molar-refractivity contribution in [1.29, 1.82) is 0 Å². The average Bonchev–Trinajstić information content (AvgIpc) is 3.47. The Balaban J connectivity index is 1.52. The Morgan fingerprint density at radius 2 is 1.97 bits per heavy atom. The molecule has 0 radical (unpaired) electrons. The molecule has 0 spiro atoms. The first-order chi connectivity index (χ1) is 17.2. The molecule has 1 aromatic carbocycles. The van der Waals surface area contributed by atoms with Gasteiger partial charge in [-0.2, -0.15) is 13.2 Å². The lowest BCUT2D eigenvalue weighted by Gasteiger charge is -2.31. The van der Waals surface area contributed by atoms with Gasteiger partial charge in [0.05, 0.1) is 17.8 Å². The number of aromatic amines is 1. The quantitative estimate of drug-likeness (QED) is 0.380. The van der Waals surface area contributed by atoms with Crippen LogP contribution in [0, 0.1) is 0 Å². The number of amides is 1. The van der Waals surface area contributed by atoms with Gasteiger partial charge in [-0.1, -0.05) is 19.9 Å². The molecule has 0 bridgehead atoms. The maximum atomic E-state index is 13.8. The van der Waals surface area contributed by atoms with E-state index in [0.717, 1.165) is 42.4 Å². The zero-order valence-corrected chi connectivity index (χ0v) is 20.6. The van der Waals surface area contributed by atoms with Crippen LogP contribution in [0.1, 0.15) is 55.2 Å². The fraction of sp³-hybridized carbons (Fsp3) is 0.407. The number of halogens is 3. The highest BCUT2D eigenvalue weighted by Crippen LogP contribution is 2.40. The summed E-state index contributed by atoms with van der Waals surface area (Å²) < 4.78 is 43.0. The first-order valence-corrected chi connectivity index (χ1v) is 12.3. The normalized spacial score (nSPS) is 15.9. The monoisotopic (exact) mass is 497 g/mol. The summed E-state index contributed by atoms with van der Waals surface area (Å²) >= 11 is 0. The number of imidazole rings is 1. The number of nitrogens with zero attached hydrogens (tertiary/aromatic N) is 3. The minimum absolute atomic E-state index is 0.0267. The lowest BCUT2D eigenvalue weighted by Crippen LogP contribution is -2.40. The lowest BCUT2D eigenvalue weighted by atomic mass is 9.87. The van der Waals surface area contributed by atoms with Gasteiger partial charge in [0, 0.05) is 42.1 Å². The van der Waals surface area contributed by atoms with Crippen LogP contribution in [0.5, 0.6) is 0 Å². The Hall–Kier alpha value is -3.33. The third kappa shape index (κ3) is 4.48. The summed E-state index contributed by atoms with van der Waals surface area (Å²) in [6, 6.07) is 7.55. The van der Waals surface area contributed by atoms with E-state index >= 15 is 0 Å². The van der Waals surface area contributed by atoms with E-state index in [1.165, 1.54) is 22.2 Å². The number of likely N-dealkylation sites (tertiary alicyclic amines) is 1. The van der Waals surface area contributed by atoms with Crippen molar-refractivity contribution < 1.29 is 18.0 Å². The van der Waals surface area contributed by atoms with Crippen molar-refractivity contribution >= 4 is 22.5 Å². The summed E-state index contributed by atoms with van der Waals surface area (Å²) in [5.41, 5.74) is 3.50. The van der Waals surface area contributed by atoms with Crippen LogP contribution in [0.4, 0.5) is 13.2 Å². The number of likely N-dealkylation sites (N-methyl/N-ethyl adjacent to an activating group) is 1. The fourth-order valence-corrected chi connectivity index (χ4v) is 5.40. The molecule has 4 heterocycles. The van der Waals surface area contributed by atoms with Gasteiger partial charge in [-0.15, -0.1) is 0 Å². The summed E-state index contributed by atoms with van der Waals surface area (Å²) in [5.74, 6) is 0.512. The average molecular weight is 498 g/mol. The van der Waals surface area contributed by atoms with Crippen molar-refractivity contribution in [2.24, 2.45) is 0 Å². The first kappa shape index (κ1) is 24.4. The molecular weight excluding hydrogens is 467 g/mol. The zero-order chi connectivity index (χ0) is 25.6. The summed E-state index contributed by atoms with van der Waals surface area (Å²) in [4.78, 5) is 21.2. The predicted molar refractivity (Wildman–Crippen MR) is 134 cm³/mol. The molecule has 0 aliphatic carbocycles. The van der Waals surface area contributed by atoms with E-state index in [2.05, 4.69) is 46.2 Å². The van der Waals surface area contributed by atoms with Crippen molar-refractivity contribution in [1.82, 2.24) is 24.6 Å². The number of pyridine rings is 1. The molecular formula is C27H30F3N5O. The summed E-state index contributed by atoms with van der Waals surface area (Å²) in [5, 5.41) is 3.72. The van der Waals surface area contributed by atoms with Crippen LogP contribution < -0.4 is 5.32 Å². The van der Waals surface area contributed by atoms with Gasteiger partial charge in [-0.25, -0.2) is 4.98 Å². The molecule has 1 saturated heterocycles. The molecule has 4 aromatic rings. The van der Waals surface area contributed by atoms with Crippen LogP contribution in [0.15, 0.2) is 42.9 Å². The topological polar surface area (TPSA) is 65.4 Å². The Labute approximate surface area is 207 Å². The SMILES string of the molecule is CNC(=O)CN1CCC(c2ccc3[nH]c(-c4cc(C(F)(F)F)c5nccn5c4)c(C(C)C)c3c2)CC1. The maximum Gasteiger partial charge on any atom is 0.420 e. The van der Waals surface area contributed by atoms with Crippen LogP contribution >= 0.6 is 0 Å². The Bertz CT molecular complexity index is 1410. The summed E-state index contributed by atoms with van der Waals surface area (Å²) in [6.07, 6.45) is 2.05. The number of piperidine rings is 1. The van der Waals surface area contributed by atoms with Crippen molar-refractivity contribution in [2.75, 3.05) is 26.7 Å². The van der Waals surface area contributed by atoms with Crippen LogP contribution in [0.2, 0.25) is 0 Å². The molecule has 3 aromatic heterocycles. The number of aromatic nitrogens is 3. The summed E-state index contributed by atoms with van der Waals surface area (Å²) in [7, 11) is 1.65. The minimum Gasteiger partial charge on any atom is -0.358 e. The van der Waals surface area contributed by atoms with Crippen LogP contribution in [-0.2, 0) is 11.0 Å². The molecule has 5 rings (SSSR count). The molecule has 9 heteroatoms. The fourth-order valence-electron chi connectivity index (χ4n) is 5.40. The number of hydrogen-bond acceptors (Lipinski definition) is 3. The third-order valence-electron chi connectivity index (χ3n) is 7.23. The largest absolute Gasteiger partial charge is 0.420 e. The number of fused-ring (bicyclic) bond motifs is 2. The van der Waals surface area contributed by atoms with Crippen molar-refractivity contribution in [2.45, 2.75) is 44.7 Å². The van der Waals surface area contributed by atoms with E-state index in [-0.39, 0.29) is 17.5 Å². The predicted octanol–water partition coefficient (Wildman–Crippen LogP) is 5.55. The van der Waals surface area contributed by atoms with E-state index in [4.69, 9.17) is 0 Å². The zero-order valence-electron chi connectivity index (χ0n) is 20.6. The van der Waals surface area contributed by atoms with E-state index < -0.39 is 11.7 Å². The molecule has 0 atom stereocenters. The molecule has 1 aliphatic rings. The van der Waals surface area contributed by atoms with Crippen molar-refractivity contribution in [3.63, 3.8) is 0 Å². The van der Waals surface area contributed by atoms with Gasteiger partial charge in [0.2, 0.25) is 5.91 Å². The highest BCUT2D eigenvalue weighted by molar-refractivity contribution is 5.92. The number of carbonyl (C=O) groups excluding carboxylic acids is 1. The maximum absolute atomic E-state index is 13.8. The highest BCUT2D eigenvalue weighted by Gasteiger charge is 2.35. The van der Waals surface area contributed by atoms with Gasteiger partial charge in [-0.3, -0.25) is 9.69 Å². The van der Waals surface area contributed by atoms with Gasteiger partial charge >= 0.3 is 6.18 Å². The second-order valence-corrected chi connectivity index (χ2v) is 9.90. The Morgan fingerprint density at radius 1 is 1.22 bits per heavy atom. The van der Waals surface area contributed by atoms with Crippen molar-refractivity contribution in [3.05, 3.63) is 59.5 Å². The van der Waals surface area contributed by atoms with Gasteiger partial charge < -0.3 is 14.7 Å². The second-order valence-electron chi connectivity index (χ2n) is 9.90. The highest BCUT2D eigenvalue weighted by atomic mass is 19.4. The van der Waals surface area contributed by atoms with Crippen LogP contribution in [-0.4, -0.2) is 51.9 Å². The van der Waals surface area contributed by atoms with Crippen LogP contribution in [0.25, 0.3) is 27.8 Å². The van der Waals surface area contributed by atoms with E-state index in [1.54, 1.807) is 19.4 Å². The van der Waals surface area contributed by atoms with Gasteiger partial charge in [0.25, 0.3) is 0 Å². The number of H-pyrrole nitrogens is 1. The number of nitrogens with one attached hydrogen (secondary N) is 2. The minimum atomic E-state index is -4.51. The molecule has 36 heavy (non-hydrogen) atoms. The standard InChI is InChI=1S/C27H30F3N5O/c1-16(2)24-20-12-18(17-6-9-34(10-7-17)15-23(36)31-3)4-5-22(20)33-25(24)19-13-21(27(28,29)30)26-32-8-11-35(26)14-19/h4-5,8,11-14,16-17,33H,6-7,9-10,15H2,1-3H3,(H,31,36). The number of alkyl halides is 3. The van der Waals surface area contributed by atoms with Gasteiger partial charge in [-0.05, 0) is 67.1 Å². The second kappa shape index (κ2) is 9.28. The Morgan fingerprint density at radius 3 is 2.64 bits per heavy atom. The first-order valence-electron chi connectivity index (χ1n) is 12.3. The molecule has 6 nitrogen and oxygen atoms in total. The van der Waals surface area contributed by atoms with E-state index in [9.17, 15) is 18.0 Å². The van der Waals surface area contributed by atoms with Gasteiger partial charge in [0.15, 0.2) is 0 Å². The number of benzene rings is 1. The van der Waals surface area contributed by atoms with E-state index in [0.29, 0.717) is 23.7 Å². The molecule has 2 N–H and O–H groups in total. The summed E-state index contributed by atoms with van der Waals surface area (Å²) in [6.45, 7) is 6.27. The molecule has 0 saturated carbocycles. The number of hydrogen-bond donors (Lipinski definition) is 2. The number of rotatable bonds is 5. The van der Waals surface area contributed by atoms with E-state index in [1.807, 2.05) is 6.07 Å². The van der Waals surface area contributed by atoms with Gasteiger partial charge in [0.1, 0.15) is 5.65 Å². The molecule has 1 amide bonds. The van der Waals surface area contributed by atoms with Crippen LogP contribution in [0.3, 0.4) is 0 Å². The third-order valence-corrected chi connectivity index (χ3v) is 7.23. The Kier molecular flexibility index (Phi) is 6.28. The molecule has 1 aliphatic heterocycles. The van der Waals surface area contributed by atoms with Crippen molar-refractivity contribution in [3.8, 4) is 11.3 Å². The molecule has 1 fully saturated rings. The lowest BCUT2D eigenvalue weighted by molar-refractivity contribution is -0.136. The smallest absolute Gasteiger partial charge is 0.358 e. The number of carbonyl (C=O) groups is 1.